The minimum atomic E-state index is 0.765. The SMILES string of the molecule is c1ccc2c(c1)Cc1cc3c(cc1-2)Cc1cc2c(cc1-3)c1nc3ncccc3n1c1cccnc21. The minimum absolute atomic E-state index is 0.765. The Morgan fingerprint density at radius 3 is 2.20 bits per heavy atom. The second-order valence-electron chi connectivity index (χ2n) is 9.72. The summed E-state index contributed by atoms with van der Waals surface area (Å²) in [6.45, 7) is 0. The summed E-state index contributed by atoms with van der Waals surface area (Å²) in [6, 6.07) is 26.6. The first-order valence-electron chi connectivity index (χ1n) is 12.0. The molecule has 4 heteroatoms. The van der Waals surface area contributed by atoms with Crippen molar-refractivity contribution < 1.29 is 0 Å². The third-order valence-electron chi connectivity index (χ3n) is 7.89. The van der Waals surface area contributed by atoms with Crippen molar-refractivity contribution in [3.05, 3.63) is 107 Å². The van der Waals surface area contributed by atoms with Crippen molar-refractivity contribution >= 4 is 38.6 Å². The quantitative estimate of drug-likeness (QED) is 0.243. The van der Waals surface area contributed by atoms with E-state index in [-0.39, 0.29) is 0 Å². The summed E-state index contributed by atoms with van der Waals surface area (Å²) in [7, 11) is 0. The number of hydrogen-bond donors (Lipinski definition) is 0. The zero-order chi connectivity index (χ0) is 22.7. The molecule has 9 rings (SSSR count). The first-order chi connectivity index (χ1) is 17.3. The number of pyridine rings is 3. The van der Waals surface area contributed by atoms with Crippen molar-refractivity contribution in [3.63, 3.8) is 0 Å². The van der Waals surface area contributed by atoms with Gasteiger partial charge in [-0.05, 0) is 106 Å². The third-order valence-corrected chi connectivity index (χ3v) is 7.89. The highest BCUT2D eigenvalue weighted by Crippen LogP contribution is 2.46. The first kappa shape index (κ1) is 17.8. The van der Waals surface area contributed by atoms with Crippen LogP contribution in [0.2, 0.25) is 0 Å². The molecule has 2 aliphatic carbocycles. The summed E-state index contributed by atoms with van der Waals surface area (Å²) < 4.78 is 2.22. The Kier molecular flexibility index (Phi) is 3.11. The maximum Gasteiger partial charge on any atom is 0.178 e. The van der Waals surface area contributed by atoms with Crippen molar-refractivity contribution in [3.8, 4) is 22.3 Å². The Morgan fingerprint density at radius 2 is 1.29 bits per heavy atom. The van der Waals surface area contributed by atoms with E-state index in [1.807, 2.05) is 24.5 Å². The van der Waals surface area contributed by atoms with Crippen molar-refractivity contribution in [2.75, 3.05) is 0 Å². The predicted molar refractivity (Wildman–Crippen MR) is 140 cm³/mol. The van der Waals surface area contributed by atoms with Crippen LogP contribution in [0.15, 0.2) is 85.2 Å². The van der Waals surface area contributed by atoms with E-state index in [0.717, 1.165) is 51.5 Å². The second-order valence-corrected chi connectivity index (χ2v) is 9.72. The van der Waals surface area contributed by atoms with Crippen molar-refractivity contribution in [1.82, 2.24) is 19.4 Å². The summed E-state index contributed by atoms with van der Waals surface area (Å²) in [5, 5.41) is 2.29. The van der Waals surface area contributed by atoms with E-state index in [2.05, 4.69) is 70.0 Å². The molecule has 2 aliphatic rings. The minimum Gasteiger partial charge on any atom is -0.288 e. The molecule has 0 saturated carbocycles. The van der Waals surface area contributed by atoms with Gasteiger partial charge in [-0.3, -0.25) is 9.38 Å². The normalized spacial score (nSPS) is 13.5. The van der Waals surface area contributed by atoms with Gasteiger partial charge in [0.05, 0.1) is 16.6 Å². The van der Waals surface area contributed by atoms with Crippen LogP contribution in [0.5, 0.6) is 0 Å². The van der Waals surface area contributed by atoms with E-state index in [1.165, 1.54) is 44.5 Å². The lowest BCUT2D eigenvalue weighted by atomic mass is 9.97. The van der Waals surface area contributed by atoms with Crippen LogP contribution in [0.4, 0.5) is 0 Å². The average molecular weight is 447 g/mol. The number of benzene rings is 3. The summed E-state index contributed by atoms with van der Waals surface area (Å²) in [5.41, 5.74) is 15.9. The molecule has 0 amide bonds. The molecular formula is C31H18N4. The molecular weight excluding hydrogens is 428 g/mol. The number of rotatable bonds is 0. The number of nitrogens with zero attached hydrogens (tertiary/aromatic N) is 4. The molecule has 4 aromatic heterocycles. The highest BCUT2D eigenvalue weighted by molar-refractivity contribution is 6.13. The molecule has 35 heavy (non-hydrogen) atoms. The van der Waals surface area contributed by atoms with E-state index >= 15 is 0 Å². The average Bonchev–Trinajstić information content (AvgIpc) is 3.57. The van der Waals surface area contributed by atoms with Crippen LogP contribution in [0.1, 0.15) is 22.3 Å². The van der Waals surface area contributed by atoms with Gasteiger partial charge in [0.1, 0.15) is 5.65 Å². The van der Waals surface area contributed by atoms with Gasteiger partial charge in [-0.1, -0.05) is 24.3 Å². The smallest absolute Gasteiger partial charge is 0.178 e. The van der Waals surface area contributed by atoms with Crippen LogP contribution in [0.3, 0.4) is 0 Å². The zero-order valence-corrected chi connectivity index (χ0v) is 18.8. The van der Waals surface area contributed by atoms with Crippen molar-refractivity contribution in [2.45, 2.75) is 12.8 Å². The Balaban J connectivity index is 1.37. The van der Waals surface area contributed by atoms with Crippen molar-refractivity contribution in [1.29, 1.82) is 0 Å². The van der Waals surface area contributed by atoms with Gasteiger partial charge in [0.2, 0.25) is 0 Å². The van der Waals surface area contributed by atoms with Crippen LogP contribution in [0.25, 0.3) is 60.9 Å². The molecule has 4 nitrogen and oxygen atoms in total. The maximum absolute atomic E-state index is 4.98. The lowest BCUT2D eigenvalue weighted by molar-refractivity contribution is 1.24. The Hall–Kier alpha value is -4.57. The summed E-state index contributed by atoms with van der Waals surface area (Å²) in [6.07, 6.45) is 5.66. The molecule has 162 valence electrons. The van der Waals surface area contributed by atoms with Crippen LogP contribution in [-0.4, -0.2) is 19.4 Å². The van der Waals surface area contributed by atoms with E-state index < -0.39 is 0 Å². The Morgan fingerprint density at radius 1 is 0.571 bits per heavy atom. The van der Waals surface area contributed by atoms with Crippen molar-refractivity contribution in [2.24, 2.45) is 0 Å². The van der Waals surface area contributed by atoms with Crippen LogP contribution in [0, 0.1) is 0 Å². The number of fused-ring (bicyclic) bond motifs is 14. The fraction of sp³-hybridized carbons (Fsp3) is 0.0645. The van der Waals surface area contributed by atoms with E-state index in [9.17, 15) is 0 Å². The number of aromatic nitrogens is 4. The molecule has 0 spiro atoms. The Bertz CT molecular complexity index is 2070. The molecule has 0 radical (unpaired) electrons. The number of imidazole rings is 1. The van der Waals surface area contributed by atoms with Crippen LogP contribution in [-0.2, 0) is 12.8 Å². The molecule has 0 aliphatic heterocycles. The molecule has 0 N–H and O–H groups in total. The van der Waals surface area contributed by atoms with Gasteiger partial charge in [0, 0.05) is 23.2 Å². The van der Waals surface area contributed by atoms with E-state index in [0.29, 0.717) is 0 Å². The maximum atomic E-state index is 4.98. The molecule has 4 heterocycles. The van der Waals surface area contributed by atoms with Gasteiger partial charge >= 0.3 is 0 Å². The lowest BCUT2D eigenvalue weighted by Crippen LogP contribution is -1.94. The van der Waals surface area contributed by atoms with Gasteiger partial charge < -0.3 is 0 Å². The lowest BCUT2D eigenvalue weighted by Gasteiger charge is -2.11. The predicted octanol–water partition coefficient (Wildman–Crippen LogP) is 6.73. The van der Waals surface area contributed by atoms with E-state index in [4.69, 9.17) is 9.97 Å². The fourth-order valence-electron chi connectivity index (χ4n) is 6.38. The molecule has 7 aromatic rings. The summed E-state index contributed by atoms with van der Waals surface area (Å²) >= 11 is 0. The first-order valence-corrected chi connectivity index (χ1v) is 12.0. The molecule has 0 atom stereocenters. The molecule has 0 unspecified atom stereocenters. The monoisotopic (exact) mass is 446 g/mol. The fourth-order valence-corrected chi connectivity index (χ4v) is 6.38. The highest BCUT2D eigenvalue weighted by Gasteiger charge is 2.26. The summed E-state index contributed by atoms with van der Waals surface area (Å²) in [4.78, 5) is 14.4. The molecule has 3 aromatic carbocycles. The van der Waals surface area contributed by atoms with Gasteiger partial charge in [-0.15, -0.1) is 0 Å². The molecule has 0 saturated heterocycles. The third kappa shape index (κ3) is 2.20. The zero-order valence-electron chi connectivity index (χ0n) is 18.8. The standard InChI is InChI=1S/C31H18N4/c1-2-6-21-17(5-1)11-18-14-23-19(13-22(18)21)12-20-15-25-26(16-24(20)23)31-34-30-28(8-4-10-33-30)35(31)27-7-3-9-32-29(25)27/h1-10,13-16H,11-12H2. The second kappa shape index (κ2) is 6.10. The number of hydrogen-bond acceptors (Lipinski definition) is 3. The Labute approximate surface area is 200 Å². The molecule has 0 fully saturated rings. The van der Waals surface area contributed by atoms with Crippen LogP contribution >= 0.6 is 0 Å². The topological polar surface area (TPSA) is 43.1 Å². The van der Waals surface area contributed by atoms with Gasteiger partial charge in [0.25, 0.3) is 0 Å². The van der Waals surface area contributed by atoms with Gasteiger partial charge in [-0.2, -0.15) is 0 Å². The molecule has 0 bridgehead atoms. The largest absolute Gasteiger partial charge is 0.288 e. The van der Waals surface area contributed by atoms with E-state index in [1.54, 1.807) is 0 Å². The van der Waals surface area contributed by atoms with Gasteiger partial charge in [0.15, 0.2) is 5.65 Å². The van der Waals surface area contributed by atoms with Gasteiger partial charge in [-0.25, -0.2) is 9.97 Å². The summed E-state index contributed by atoms with van der Waals surface area (Å²) in [5.74, 6) is 0. The van der Waals surface area contributed by atoms with Crippen LogP contribution < -0.4 is 0 Å². The highest BCUT2D eigenvalue weighted by atomic mass is 15.1.